The molecule has 0 bridgehead atoms. The first-order chi connectivity index (χ1) is 11.7. The molecule has 3 N–H and O–H groups in total. The van der Waals surface area contributed by atoms with Crippen LogP contribution in [-0.2, 0) is 19.5 Å². The van der Waals surface area contributed by atoms with E-state index >= 15 is 0 Å². The van der Waals surface area contributed by atoms with Gasteiger partial charge in [-0.15, -0.1) is 24.0 Å². The van der Waals surface area contributed by atoms with E-state index in [0.717, 1.165) is 52.0 Å². The largest absolute Gasteiger partial charge is 0.381 e. The van der Waals surface area contributed by atoms with Gasteiger partial charge in [0.15, 0.2) is 5.96 Å². The Morgan fingerprint density at radius 1 is 1.35 bits per heavy atom. The Bertz CT molecular complexity index is 508. The monoisotopic (exact) mass is 506 g/mol. The van der Waals surface area contributed by atoms with E-state index < -0.39 is 15.6 Å². The third-order valence-corrected chi connectivity index (χ3v) is 4.50. The molecular weight excluding hydrogens is 471 g/mol. The Hall–Kier alpha value is -0.170. The fourth-order valence-corrected chi connectivity index (χ4v) is 3.57. The molecule has 1 heterocycles. The SMILES string of the molecule is CCNC(=NCC(C)(C)NS(C)(=O)=O)NCCCOCC1CCOC1.I. The van der Waals surface area contributed by atoms with Gasteiger partial charge in [-0.05, 0) is 33.6 Å². The summed E-state index contributed by atoms with van der Waals surface area (Å²) < 4.78 is 36.3. The van der Waals surface area contributed by atoms with E-state index in [1.165, 1.54) is 0 Å². The predicted octanol–water partition coefficient (Wildman–Crippen LogP) is 0.931. The molecule has 0 saturated carbocycles. The van der Waals surface area contributed by atoms with Gasteiger partial charge < -0.3 is 20.1 Å². The minimum atomic E-state index is -3.26. The highest BCUT2D eigenvalue weighted by molar-refractivity contribution is 14.0. The molecule has 1 aliphatic heterocycles. The van der Waals surface area contributed by atoms with E-state index in [4.69, 9.17) is 9.47 Å². The maximum Gasteiger partial charge on any atom is 0.209 e. The van der Waals surface area contributed by atoms with Gasteiger partial charge >= 0.3 is 0 Å². The number of hydrogen-bond donors (Lipinski definition) is 3. The number of nitrogens with zero attached hydrogens (tertiary/aromatic N) is 1. The molecule has 26 heavy (non-hydrogen) atoms. The van der Waals surface area contributed by atoms with Crippen molar-refractivity contribution in [1.29, 1.82) is 0 Å². The molecule has 0 aliphatic carbocycles. The fourth-order valence-electron chi connectivity index (χ4n) is 2.50. The highest BCUT2D eigenvalue weighted by Gasteiger charge is 2.21. The number of guanidine groups is 1. The van der Waals surface area contributed by atoms with Crippen LogP contribution >= 0.6 is 24.0 Å². The molecule has 0 amide bonds. The normalized spacial score (nSPS) is 18.5. The molecule has 0 aromatic heterocycles. The maximum atomic E-state index is 11.4. The molecule has 1 unspecified atom stereocenters. The molecular formula is C16H35IN4O4S. The molecule has 8 nitrogen and oxygen atoms in total. The minimum Gasteiger partial charge on any atom is -0.381 e. The molecule has 1 fully saturated rings. The minimum absolute atomic E-state index is 0. The van der Waals surface area contributed by atoms with Crippen molar-refractivity contribution < 1.29 is 17.9 Å². The van der Waals surface area contributed by atoms with Gasteiger partial charge in [0.05, 0.1) is 26.0 Å². The first kappa shape index (κ1) is 25.8. The van der Waals surface area contributed by atoms with Crippen LogP contribution in [0.2, 0.25) is 0 Å². The number of rotatable bonds is 11. The Balaban J connectivity index is 0.00000625. The van der Waals surface area contributed by atoms with E-state index in [0.29, 0.717) is 25.0 Å². The van der Waals surface area contributed by atoms with Crippen LogP contribution in [0.25, 0.3) is 0 Å². The van der Waals surface area contributed by atoms with Crippen molar-refractivity contribution in [2.24, 2.45) is 10.9 Å². The summed E-state index contributed by atoms with van der Waals surface area (Å²) in [6.07, 6.45) is 3.12. The van der Waals surface area contributed by atoms with E-state index in [-0.39, 0.29) is 24.0 Å². The van der Waals surface area contributed by atoms with Crippen LogP contribution in [0.15, 0.2) is 4.99 Å². The molecule has 1 aliphatic rings. The van der Waals surface area contributed by atoms with E-state index in [2.05, 4.69) is 20.3 Å². The van der Waals surface area contributed by atoms with Gasteiger partial charge in [0.25, 0.3) is 0 Å². The van der Waals surface area contributed by atoms with Gasteiger partial charge in [-0.1, -0.05) is 0 Å². The van der Waals surface area contributed by atoms with Crippen molar-refractivity contribution in [3.05, 3.63) is 0 Å². The Morgan fingerprint density at radius 2 is 2.08 bits per heavy atom. The number of ether oxygens (including phenoxy) is 2. The standard InChI is InChI=1S/C16H34N4O4S.HI/c1-5-17-15(19-13-16(2,3)20-25(4,21)22)18-8-6-9-23-11-14-7-10-24-12-14;/h14,20H,5-13H2,1-4H3,(H2,17,18,19);1H. The summed E-state index contributed by atoms with van der Waals surface area (Å²) in [5.41, 5.74) is -0.637. The summed E-state index contributed by atoms with van der Waals surface area (Å²) in [4.78, 5) is 4.46. The first-order valence-electron chi connectivity index (χ1n) is 8.88. The summed E-state index contributed by atoms with van der Waals surface area (Å²) in [5.74, 6) is 1.21. The third kappa shape index (κ3) is 13.1. The maximum absolute atomic E-state index is 11.4. The van der Waals surface area contributed by atoms with Crippen molar-refractivity contribution in [1.82, 2.24) is 15.4 Å². The Morgan fingerprint density at radius 3 is 2.65 bits per heavy atom. The smallest absolute Gasteiger partial charge is 0.209 e. The molecule has 0 aromatic rings. The second-order valence-corrected chi connectivity index (χ2v) is 8.79. The molecule has 1 saturated heterocycles. The zero-order valence-electron chi connectivity index (χ0n) is 16.3. The van der Waals surface area contributed by atoms with Crippen molar-refractivity contribution in [2.75, 3.05) is 52.3 Å². The predicted molar refractivity (Wildman–Crippen MR) is 116 cm³/mol. The first-order valence-corrected chi connectivity index (χ1v) is 10.8. The summed E-state index contributed by atoms with van der Waals surface area (Å²) in [6.45, 7) is 10.6. The van der Waals surface area contributed by atoms with Crippen molar-refractivity contribution in [3.63, 3.8) is 0 Å². The van der Waals surface area contributed by atoms with Crippen LogP contribution in [0.3, 0.4) is 0 Å². The number of nitrogens with one attached hydrogen (secondary N) is 3. The molecule has 0 aromatic carbocycles. The van der Waals surface area contributed by atoms with Gasteiger partial charge in [0.1, 0.15) is 0 Å². The molecule has 10 heteroatoms. The zero-order chi connectivity index (χ0) is 18.8. The summed E-state index contributed by atoms with van der Waals surface area (Å²) >= 11 is 0. The molecule has 1 atom stereocenters. The average molecular weight is 506 g/mol. The van der Waals surface area contributed by atoms with Crippen molar-refractivity contribution in [3.8, 4) is 0 Å². The van der Waals surface area contributed by atoms with Crippen LogP contribution < -0.4 is 15.4 Å². The molecule has 0 spiro atoms. The lowest BCUT2D eigenvalue weighted by Gasteiger charge is -2.23. The van der Waals surface area contributed by atoms with Crippen molar-refractivity contribution in [2.45, 2.75) is 39.2 Å². The average Bonchev–Trinajstić information content (AvgIpc) is 2.99. The number of halogens is 1. The van der Waals surface area contributed by atoms with Crippen molar-refractivity contribution >= 4 is 40.0 Å². The van der Waals surface area contributed by atoms with Gasteiger partial charge in [0.2, 0.25) is 10.0 Å². The van der Waals surface area contributed by atoms with E-state index in [9.17, 15) is 8.42 Å². The highest BCUT2D eigenvalue weighted by atomic mass is 127. The third-order valence-electron chi connectivity index (χ3n) is 3.57. The molecule has 1 rings (SSSR count). The van der Waals surface area contributed by atoms with Gasteiger partial charge in [-0.2, -0.15) is 0 Å². The lowest BCUT2D eigenvalue weighted by Crippen LogP contribution is -2.46. The van der Waals surface area contributed by atoms with Crippen LogP contribution in [0.1, 0.15) is 33.6 Å². The number of hydrogen-bond acceptors (Lipinski definition) is 5. The van der Waals surface area contributed by atoms with Gasteiger partial charge in [-0.25, -0.2) is 13.1 Å². The number of aliphatic imine (C=N–C) groups is 1. The fraction of sp³-hybridized carbons (Fsp3) is 0.938. The van der Waals surface area contributed by atoms with Crippen LogP contribution in [0.5, 0.6) is 0 Å². The van der Waals surface area contributed by atoms with Crippen LogP contribution in [-0.4, -0.2) is 72.2 Å². The van der Waals surface area contributed by atoms with Crippen LogP contribution in [0.4, 0.5) is 0 Å². The lowest BCUT2D eigenvalue weighted by molar-refractivity contribution is 0.0888. The number of sulfonamides is 1. The zero-order valence-corrected chi connectivity index (χ0v) is 19.5. The van der Waals surface area contributed by atoms with Gasteiger partial charge in [-0.3, -0.25) is 4.99 Å². The van der Waals surface area contributed by atoms with E-state index in [1.807, 2.05) is 20.8 Å². The molecule has 0 radical (unpaired) electrons. The quantitative estimate of drug-likeness (QED) is 0.167. The summed E-state index contributed by atoms with van der Waals surface area (Å²) in [6, 6.07) is 0. The van der Waals surface area contributed by atoms with Gasteiger partial charge in [0, 0.05) is 37.8 Å². The highest BCUT2D eigenvalue weighted by Crippen LogP contribution is 2.12. The Kier molecular flexibility index (Phi) is 13.0. The summed E-state index contributed by atoms with van der Waals surface area (Å²) in [7, 11) is -3.26. The second-order valence-electron chi connectivity index (χ2n) is 7.04. The van der Waals surface area contributed by atoms with E-state index in [1.54, 1.807) is 0 Å². The Labute approximate surface area is 175 Å². The lowest BCUT2D eigenvalue weighted by atomic mass is 10.1. The molecule has 156 valence electrons. The van der Waals surface area contributed by atoms with Crippen LogP contribution in [0, 0.1) is 5.92 Å². The topological polar surface area (TPSA) is 101 Å². The summed E-state index contributed by atoms with van der Waals surface area (Å²) in [5, 5.41) is 6.40. The second kappa shape index (κ2) is 13.1.